The van der Waals surface area contributed by atoms with E-state index in [1.54, 1.807) is 4.90 Å². The molecule has 3 heteroatoms. The first-order valence-electron chi connectivity index (χ1n) is 6.80. The molecule has 0 aliphatic carbocycles. The molecule has 2 rings (SSSR count). The van der Waals surface area contributed by atoms with Crippen molar-refractivity contribution in [2.24, 2.45) is 11.1 Å². The van der Waals surface area contributed by atoms with Gasteiger partial charge in [-0.3, -0.25) is 0 Å². The van der Waals surface area contributed by atoms with E-state index in [2.05, 4.69) is 49.3 Å². The van der Waals surface area contributed by atoms with Crippen LogP contribution in [0.25, 0.3) is 0 Å². The summed E-state index contributed by atoms with van der Waals surface area (Å²) in [7, 11) is 0. The van der Waals surface area contributed by atoms with Crippen molar-refractivity contribution in [1.82, 2.24) is 0 Å². The molecule has 3 atom stereocenters. The first kappa shape index (κ1) is 13.1. The zero-order chi connectivity index (χ0) is 13.0. The van der Waals surface area contributed by atoms with Gasteiger partial charge in [0.15, 0.2) is 0 Å². The Bertz CT molecular complexity index is 402. The molecule has 0 bridgehead atoms. The summed E-state index contributed by atoms with van der Waals surface area (Å²) in [6.07, 6.45) is 2.04. The average Bonchev–Trinajstić information content (AvgIpc) is 2.40. The highest BCUT2D eigenvalue weighted by Gasteiger charge is 2.31. The normalized spacial score (nSPS) is 30.6. The van der Waals surface area contributed by atoms with E-state index in [9.17, 15) is 0 Å². The van der Waals surface area contributed by atoms with Gasteiger partial charge in [0.05, 0.1) is 24.8 Å². The van der Waals surface area contributed by atoms with Gasteiger partial charge in [0.1, 0.15) is 0 Å². The van der Waals surface area contributed by atoms with Gasteiger partial charge >= 0.3 is 0 Å². The molecule has 1 aliphatic rings. The Labute approximate surface area is 109 Å². The summed E-state index contributed by atoms with van der Waals surface area (Å²) in [5, 5.41) is 12.4. The summed E-state index contributed by atoms with van der Waals surface area (Å²) >= 11 is 0. The molecular formula is C15H23N2O+. The van der Waals surface area contributed by atoms with Gasteiger partial charge in [0, 0.05) is 18.8 Å². The second kappa shape index (κ2) is 6.01. The fraction of sp³-hybridized carbons (Fsp3) is 0.533. The van der Waals surface area contributed by atoms with Gasteiger partial charge in [-0.15, -0.1) is 0 Å². The molecule has 1 aromatic rings. The van der Waals surface area contributed by atoms with Crippen LogP contribution in [0.2, 0.25) is 0 Å². The molecule has 18 heavy (non-hydrogen) atoms. The largest absolute Gasteiger partial charge is 0.411 e. The van der Waals surface area contributed by atoms with Gasteiger partial charge in [-0.1, -0.05) is 42.4 Å². The van der Waals surface area contributed by atoms with Crippen molar-refractivity contribution in [2.45, 2.75) is 32.7 Å². The third-order valence-corrected chi connectivity index (χ3v) is 4.06. The van der Waals surface area contributed by atoms with Gasteiger partial charge < -0.3 is 10.1 Å². The lowest BCUT2D eigenvalue weighted by molar-refractivity contribution is -0.927. The SMILES string of the molecule is C[C@@H]1C/C(=N\O)[C@@H](C)C[NH+]1CCc1ccccc1. The van der Waals surface area contributed by atoms with Crippen molar-refractivity contribution in [3.8, 4) is 0 Å². The number of quaternary nitrogens is 1. The Hall–Kier alpha value is -1.35. The second-order valence-corrected chi connectivity index (χ2v) is 5.45. The number of nitrogens with zero attached hydrogens (tertiary/aromatic N) is 1. The molecule has 0 spiro atoms. The van der Waals surface area contributed by atoms with Gasteiger partial charge in [-0.05, 0) is 12.5 Å². The Morgan fingerprint density at radius 1 is 1.28 bits per heavy atom. The first-order chi connectivity index (χ1) is 8.70. The average molecular weight is 247 g/mol. The molecule has 1 unspecified atom stereocenters. The number of benzene rings is 1. The number of oxime groups is 1. The van der Waals surface area contributed by atoms with E-state index in [1.165, 1.54) is 5.56 Å². The van der Waals surface area contributed by atoms with Crippen molar-refractivity contribution in [1.29, 1.82) is 0 Å². The maximum absolute atomic E-state index is 8.95. The molecule has 1 heterocycles. The molecule has 1 saturated heterocycles. The quantitative estimate of drug-likeness (QED) is 0.614. The van der Waals surface area contributed by atoms with Crippen molar-refractivity contribution >= 4 is 5.71 Å². The van der Waals surface area contributed by atoms with E-state index in [0.29, 0.717) is 12.0 Å². The topological polar surface area (TPSA) is 37.0 Å². The molecule has 1 fully saturated rings. The third kappa shape index (κ3) is 3.10. The second-order valence-electron chi connectivity index (χ2n) is 5.45. The summed E-state index contributed by atoms with van der Waals surface area (Å²) in [6, 6.07) is 11.2. The summed E-state index contributed by atoms with van der Waals surface area (Å²) in [4.78, 5) is 1.62. The monoisotopic (exact) mass is 247 g/mol. The van der Waals surface area contributed by atoms with E-state index in [-0.39, 0.29) is 0 Å². The zero-order valence-electron chi connectivity index (χ0n) is 11.3. The lowest BCUT2D eigenvalue weighted by Crippen LogP contribution is -3.17. The number of likely N-dealkylation sites (tertiary alicyclic amines) is 1. The highest BCUT2D eigenvalue weighted by atomic mass is 16.4. The summed E-state index contributed by atoms with van der Waals surface area (Å²) in [5.41, 5.74) is 2.37. The minimum absolute atomic E-state index is 0.400. The van der Waals surface area contributed by atoms with Crippen LogP contribution in [0.3, 0.4) is 0 Å². The molecule has 2 N–H and O–H groups in total. The van der Waals surface area contributed by atoms with Crippen LogP contribution in [0.1, 0.15) is 25.8 Å². The highest BCUT2D eigenvalue weighted by molar-refractivity contribution is 5.86. The Morgan fingerprint density at radius 2 is 2.00 bits per heavy atom. The van der Waals surface area contributed by atoms with Crippen LogP contribution in [0.5, 0.6) is 0 Å². The van der Waals surface area contributed by atoms with Crippen LogP contribution in [0.15, 0.2) is 35.5 Å². The van der Waals surface area contributed by atoms with Crippen molar-refractivity contribution < 1.29 is 10.1 Å². The molecule has 0 radical (unpaired) electrons. The van der Waals surface area contributed by atoms with Crippen LogP contribution in [-0.4, -0.2) is 30.1 Å². The van der Waals surface area contributed by atoms with Crippen molar-refractivity contribution in [2.75, 3.05) is 13.1 Å². The maximum atomic E-state index is 8.95. The van der Waals surface area contributed by atoms with Gasteiger partial charge in [-0.2, -0.15) is 0 Å². The molecule has 0 amide bonds. The summed E-state index contributed by atoms with van der Waals surface area (Å²) in [5.74, 6) is 0.400. The van der Waals surface area contributed by atoms with Gasteiger partial charge in [0.2, 0.25) is 0 Å². The minimum atomic E-state index is 0.400. The molecule has 0 saturated carbocycles. The van der Waals surface area contributed by atoms with Crippen LogP contribution in [0, 0.1) is 5.92 Å². The fourth-order valence-corrected chi connectivity index (χ4v) is 2.81. The van der Waals surface area contributed by atoms with Crippen LogP contribution < -0.4 is 4.90 Å². The molecule has 1 aliphatic heterocycles. The first-order valence-corrected chi connectivity index (χ1v) is 6.80. The van der Waals surface area contributed by atoms with Crippen molar-refractivity contribution in [3.05, 3.63) is 35.9 Å². The van der Waals surface area contributed by atoms with Crippen molar-refractivity contribution in [3.63, 3.8) is 0 Å². The van der Waals surface area contributed by atoms with Crippen LogP contribution in [0.4, 0.5) is 0 Å². The van der Waals surface area contributed by atoms with E-state index in [4.69, 9.17) is 5.21 Å². The molecule has 98 valence electrons. The number of nitrogens with one attached hydrogen (secondary N) is 1. The summed E-state index contributed by atoms with van der Waals surface area (Å²) < 4.78 is 0. The van der Waals surface area contributed by atoms with E-state index >= 15 is 0 Å². The third-order valence-electron chi connectivity index (χ3n) is 4.06. The number of hydrogen-bond acceptors (Lipinski definition) is 2. The van der Waals surface area contributed by atoms with Gasteiger partial charge in [0.25, 0.3) is 0 Å². The van der Waals surface area contributed by atoms with Gasteiger partial charge in [-0.25, -0.2) is 0 Å². The fourth-order valence-electron chi connectivity index (χ4n) is 2.81. The molecule has 1 aromatic carbocycles. The van der Waals surface area contributed by atoms with E-state index < -0.39 is 0 Å². The predicted octanol–water partition coefficient (Wildman–Crippen LogP) is 1.37. The lowest BCUT2D eigenvalue weighted by Gasteiger charge is -2.34. The zero-order valence-corrected chi connectivity index (χ0v) is 11.3. The maximum Gasteiger partial charge on any atom is 0.0900 e. The standard InChI is InChI=1S/C15H22N2O/c1-12-11-17(13(2)10-15(12)16-18)9-8-14-6-4-3-5-7-14/h3-7,12-13,18H,8-11H2,1-2H3/p+1/b16-15+/t12-,13+/m0/s1. The van der Waals surface area contributed by atoms with E-state index in [1.807, 2.05) is 0 Å². The number of rotatable bonds is 3. The highest BCUT2D eigenvalue weighted by Crippen LogP contribution is 2.08. The molecular weight excluding hydrogens is 224 g/mol. The number of hydrogen-bond donors (Lipinski definition) is 2. The minimum Gasteiger partial charge on any atom is -0.411 e. The number of piperidine rings is 1. The lowest BCUT2D eigenvalue weighted by atomic mass is 9.92. The Morgan fingerprint density at radius 3 is 2.67 bits per heavy atom. The summed E-state index contributed by atoms with van der Waals surface area (Å²) in [6.45, 7) is 6.64. The molecule has 0 aromatic heterocycles. The predicted molar refractivity (Wildman–Crippen MR) is 73.3 cm³/mol. The van der Waals surface area contributed by atoms with Crippen LogP contribution in [-0.2, 0) is 6.42 Å². The van der Waals surface area contributed by atoms with E-state index in [0.717, 1.165) is 31.6 Å². The Balaban J connectivity index is 1.90. The molecule has 3 nitrogen and oxygen atoms in total. The van der Waals surface area contributed by atoms with Crippen LogP contribution >= 0.6 is 0 Å². The smallest absolute Gasteiger partial charge is 0.0900 e. The Kier molecular flexibility index (Phi) is 4.37.